The second kappa shape index (κ2) is 7.20. The lowest BCUT2D eigenvalue weighted by molar-refractivity contribution is 0.169. The second-order valence-electron chi connectivity index (χ2n) is 4.01. The van der Waals surface area contributed by atoms with Crippen molar-refractivity contribution >= 4 is 39.1 Å². The fourth-order valence-corrected chi connectivity index (χ4v) is 2.38. The first-order chi connectivity index (χ1) is 9.77. The Hall–Kier alpha value is -1.91. The third-order valence-electron chi connectivity index (χ3n) is 2.33. The van der Waals surface area contributed by atoms with E-state index in [2.05, 4.69) is 20.9 Å². The molecule has 1 amide bonds. The summed E-state index contributed by atoms with van der Waals surface area (Å²) in [5, 5.41) is 2.82. The summed E-state index contributed by atoms with van der Waals surface area (Å²) in [6.45, 7) is 0. The summed E-state index contributed by atoms with van der Waals surface area (Å²) in [5.74, 6) is 0. The Morgan fingerprint density at radius 1 is 1.29 bits per heavy atom. The minimum absolute atomic E-state index is 0.0831. The molecule has 10 heteroatoms. The van der Waals surface area contributed by atoms with Crippen molar-refractivity contribution in [2.24, 2.45) is 0 Å². The van der Waals surface area contributed by atoms with Crippen molar-refractivity contribution in [3.05, 3.63) is 24.3 Å². The van der Waals surface area contributed by atoms with Crippen LogP contribution in [0.3, 0.4) is 0 Å². The fraction of sp³-hybridized carbons (Fsp3) is 0.273. The normalized spacial score (nSPS) is 10.9. The minimum atomic E-state index is -3.52. The van der Waals surface area contributed by atoms with E-state index in [-0.39, 0.29) is 10.0 Å². The predicted octanol–water partition coefficient (Wildman–Crippen LogP) is 0.494. The van der Waals surface area contributed by atoms with Crippen LogP contribution in [0.5, 0.6) is 0 Å². The monoisotopic (exact) mass is 332 g/mol. The van der Waals surface area contributed by atoms with Crippen LogP contribution in [0.1, 0.15) is 0 Å². The quantitative estimate of drug-likeness (QED) is 0.547. The number of methoxy groups -OCH3 is 1. The van der Waals surface area contributed by atoms with Crippen LogP contribution in [-0.4, -0.2) is 45.1 Å². The molecule has 0 unspecified atom stereocenters. The van der Waals surface area contributed by atoms with Gasteiger partial charge in [0.05, 0.1) is 12.0 Å². The van der Waals surface area contributed by atoms with Gasteiger partial charge < -0.3 is 10.1 Å². The van der Waals surface area contributed by atoms with Gasteiger partial charge in [0.1, 0.15) is 0 Å². The van der Waals surface area contributed by atoms with Gasteiger partial charge in [0.15, 0.2) is 5.11 Å². The summed E-state index contributed by atoms with van der Waals surface area (Å²) in [6, 6.07) is 6.13. The summed E-state index contributed by atoms with van der Waals surface area (Å²) in [4.78, 5) is 11.0. The van der Waals surface area contributed by atoms with Crippen molar-refractivity contribution in [2.45, 2.75) is 4.90 Å². The molecule has 0 aromatic heterocycles. The molecule has 0 fully saturated rings. The average Bonchev–Trinajstić information content (AvgIpc) is 2.44. The van der Waals surface area contributed by atoms with Crippen molar-refractivity contribution in [1.82, 2.24) is 15.2 Å². The van der Waals surface area contributed by atoms with Gasteiger partial charge in [0.2, 0.25) is 10.0 Å². The van der Waals surface area contributed by atoms with Gasteiger partial charge in [-0.15, -0.1) is 0 Å². The SMILES string of the molecule is COC(=O)NNC(=S)Nc1cccc(S(=O)(=O)N(C)C)c1. The van der Waals surface area contributed by atoms with E-state index in [9.17, 15) is 13.2 Å². The Bertz CT molecular complexity index is 631. The molecule has 21 heavy (non-hydrogen) atoms. The number of hydrogen-bond donors (Lipinski definition) is 3. The van der Waals surface area contributed by atoms with E-state index >= 15 is 0 Å². The molecular formula is C11H16N4O4S2. The van der Waals surface area contributed by atoms with Crippen LogP contribution >= 0.6 is 12.2 Å². The lowest BCUT2D eigenvalue weighted by Crippen LogP contribution is -2.43. The Balaban J connectivity index is 2.78. The Morgan fingerprint density at radius 2 is 1.95 bits per heavy atom. The molecule has 1 aromatic carbocycles. The van der Waals surface area contributed by atoms with Crippen molar-refractivity contribution in [1.29, 1.82) is 0 Å². The van der Waals surface area contributed by atoms with E-state index in [0.717, 1.165) is 4.31 Å². The molecule has 1 rings (SSSR count). The van der Waals surface area contributed by atoms with Gasteiger partial charge in [0, 0.05) is 19.8 Å². The van der Waals surface area contributed by atoms with Gasteiger partial charge in [0.25, 0.3) is 0 Å². The van der Waals surface area contributed by atoms with Crippen molar-refractivity contribution < 1.29 is 17.9 Å². The summed E-state index contributed by atoms with van der Waals surface area (Å²) in [5.41, 5.74) is 5.03. The van der Waals surface area contributed by atoms with Crippen LogP contribution in [0.25, 0.3) is 0 Å². The van der Waals surface area contributed by atoms with E-state index < -0.39 is 16.1 Å². The van der Waals surface area contributed by atoms with Crippen molar-refractivity contribution in [3.8, 4) is 0 Å². The fourth-order valence-electron chi connectivity index (χ4n) is 1.27. The number of carbonyl (C=O) groups is 1. The van der Waals surface area contributed by atoms with E-state index in [1.165, 1.54) is 33.3 Å². The molecule has 116 valence electrons. The summed E-state index contributed by atoms with van der Waals surface area (Å²) < 4.78 is 29.5. The van der Waals surface area contributed by atoms with E-state index in [4.69, 9.17) is 12.2 Å². The maximum atomic E-state index is 12.0. The zero-order valence-corrected chi connectivity index (χ0v) is 13.3. The first-order valence-corrected chi connectivity index (χ1v) is 7.55. The molecule has 0 atom stereocenters. The lowest BCUT2D eigenvalue weighted by atomic mass is 10.3. The van der Waals surface area contributed by atoms with E-state index in [1.54, 1.807) is 12.1 Å². The van der Waals surface area contributed by atoms with Crippen LogP contribution in [-0.2, 0) is 14.8 Å². The highest BCUT2D eigenvalue weighted by Crippen LogP contribution is 2.17. The molecule has 8 nitrogen and oxygen atoms in total. The molecule has 3 N–H and O–H groups in total. The number of thiocarbonyl (C=S) groups is 1. The Labute approximate surface area is 128 Å². The van der Waals surface area contributed by atoms with Crippen molar-refractivity contribution in [2.75, 3.05) is 26.5 Å². The predicted molar refractivity (Wildman–Crippen MR) is 82.2 cm³/mol. The van der Waals surface area contributed by atoms with Crippen LogP contribution in [0, 0.1) is 0 Å². The smallest absolute Gasteiger partial charge is 0.425 e. The first kappa shape index (κ1) is 17.1. The third kappa shape index (κ3) is 4.85. The average molecular weight is 332 g/mol. The number of anilines is 1. The molecule has 0 aliphatic rings. The first-order valence-electron chi connectivity index (χ1n) is 5.71. The number of hydrazine groups is 1. The molecule has 0 bridgehead atoms. The molecule has 0 aliphatic heterocycles. The lowest BCUT2D eigenvalue weighted by Gasteiger charge is -2.14. The summed E-state index contributed by atoms with van der Waals surface area (Å²) in [6.07, 6.45) is -0.705. The number of sulfonamides is 1. The molecule has 0 heterocycles. The van der Waals surface area contributed by atoms with Gasteiger partial charge >= 0.3 is 6.09 Å². The topological polar surface area (TPSA) is 99.8 Å². The number of hydrogen-bond acceptors (Lipinski definition) is 5. The number of nitrogens with zero attached hydrogens (tertiary/aromatic N) is 1. The largest absolute Gasteiger partial charge is 0.452 e. The highest BCUT2D eigenvalue weighted by Gasteiger charge is 2.17. The third-order valence-corrected chi connectivity index (χ3v) is 4.35. The zero-order chi connectivity index (χ0) is 16.0. The van der Waals surface area contributed by atoms with Crippen LogP contribution < -0.4 is 16.2 Å². The van der Waals surface area contributed by atoms with Gasteiger partial charge in [-0.2, -0.15) is 0 Å². The summed E-state index contributed by atoms with van der Waals surface area (Å²) >= 11 is 4.94. The van der Waals surface area contributed by atoms with Crippen molar-refractivity contribution in [3.63, 3.8) is 0 Å². The van der Waals surface area contributed by atoms with E-state index in [0.29, 0.717) is 5.69 Å². The second-order valence-corrected chi connectivity index (χ2v) is 6.57. The minimum Gasteiger partial charge on any atom is -0.452 e. The Morgan fingerprint density at radius 3 is 2.52 bits per heavy atom. The van der Waals surface area contributed by atoms with Gasteiger partial charge in [-0.3, -0.25) is 5.43 Å². The summed E-state index contributed by atoms with van der Waals surface area (Å²) in [7, 11) is 0.579. The Kier molecular flexibility index (Phi) is 5.88. The molecule has 0 spiro atoms. The van der Waals surface area contributed by atoms with E-state index in [1.807, 2.05) is 0 Å². The number of rotatable bonds is 3. The number of ether oxygens (including phenoxy) is 1. The number of amides is 1. The van der Waals surface area contributed by atoms with Gasteiger partial charge in [-0.1, -0.05) is 6.07 Å². The van der Waals surface area contributed by atoms with Gasteiger partial charge in [-0.25, -0.2) is 22.9 Å². The highest BCUT2D eigenvalue weighted by molar-refractivity contribution is 7.89. The maximum Gasteiger partial charge on any atom is 0.425 e. The number of benzene rings is 1. The van der Waals surface area contributed by atoms with Crippen LogP contribution in [0.4, 0.5) is 10.5 Å². The van der Waals surface area contributed by atoms with Gasteiger partial charge in [-0.05, 0) is 30.4 Å². The standard InChI is InChI=1S/C11H16N4O4S2/c1-15(2)21(17,18)9-6-4-5-8(7-9)12-10(20)13-14-11(16)19-3/h4-7H,1-3H3,(H,14,16)(H2,12,13,20). The molecule has 0 radical (unpaired) electrons. The maximum absolute atomic E-state index is 12.0. The molecule has 0 aliphatic carbocycles. The van der Waals surface area contributed by atoms with Crippen LogP contribution in [0.15, 0.2) is 29.2 Å². The highest BCUT2D eigenvalue weighted by atomic mass is 32.2. The number of nitrogens with one attached hydrogen (secondary N) is 3. The number of carbonyl (C=O) groups excluding carboxylic acids is 1. The zero-order valence-electron chi connectivity index (χ0n) is 11.7. The molecular weight excluding hydrogens is 316 g/mol. The molecule has 0 saturated heterocycles. The van der Waals surface area contributed by atoms with Crippen LogP contribution in [0.2, 0.25) is 0 Å². The molecule has 1 aromatic rings. The molecule has 0 saturated carbocycles.